The van der Waals surface area contributed by atoms with E-state index in [-0.39, 0.29) is 5.91 Å². The van der Waals surface area contributed by atoms with Crippen LogP contribution in [0.3, 0.4) is 0 Å². The zero-order valence-electron chi connectivity index (χ0n) is 14.1. The van der Waals surface area contributed by atoms with Crippen molar-refractivity contribution in [3.05, 3.63) is 47.5 Å². The lowest BCUT2D eigenvalue weighted by molar-refractivity contribution is 0.0658. The van der Waals surface area contributed by atoms with E-state index in [0.717, 1.165) is 37.6 Å². The second-order valence-electron chi connectivity index (χ2n) is 5.99. The van der Waals surface area contributed by atoms with Crippen molar-refractivity contribution < 1.29 is 4.79 Å². The van der Waals surface area contributed by atoms with E-state index in [4.69, 9.17) is 0 Å². The Bertz CT molecular complexity index is 697. The molecule has 0 aliphatic carbocycles. The molecule has 0 spiro atoms. The Labute approximate surface area is 141 Å². The van der Waals surface area contributed by atoms with Gasteiger partial charge in [0.05, 0.1) is 12.2 Å². The molecule has 3 heterocycles. The van der Waals surface area contributed by atoms with E-state index in [1.165, 1.54) is 0 Å². The number of nitrogens with zero attached hydrogens (tertiary/aromatic N) is 5. The number of anilines is 1. The van der Waals surface area contributed by atoms with E-state index >= 15 is 0 Å². The Balaban J connectivity index is 1.70. The molecular formula is C17H22N6O. The highest BCUT2D eigenvalue weighted by Gasteiger charge is 2.22. The molecule has 3 rings (SSSR count). The number of piperazine rings is 1. The average molecular weight is 326 g/mol. The van der Waals surface area contributed by atoms with Crippen molar-refractivity contribution in [2.45, 2.75) is 13.5 Å². The fourth-order valence-corrected chi connectivity index (χ4v) is 2.60. The molecule has 0 saturated carbocycles. The van der Waals surface area contributed by atoms with Crippen LogP contribution in [0.25, 0.3) is 0 Å². The summed E-state index contributed by atoms with van der Waals surface area (Å²) in [5, 5.41) is 3.14. The van der Waals surface area contributed by atoms with Crippen molar-refractivity contribution >= 4 is 11.9 Å². The lowest BCUT2D eigenvalue weighted by Crippen LogP contribution is -2.47. The SMILES string of the molecule is Cc1cc(C(=O)N2CCN(C)CC2)nc(NCc2ccccn2)n1. The third-order valence-electron chi connectivity index (χ3n) is 4.02. The van der Waals surface area contributed by atoms with Gasteiger partial charge in [0.2, 0.25) is 5.95 Å². The summed E-state index contributed by atoms with van der Waals surface area (Å²) in [4.78, 5) is 29.7. The van der Waals surface area contributed by atoms with Crippen molar-refractivity contribution in [3.63, 3.8) is 0 Å². The maximum absolute atomic E-state index is 12.7. The van der Waals surface area contributed by atoms with Crippen LogP contribution >= 0.6 is 0 Å². The summed E-state index contributed by atoms with van der Waals surface area (Å²) in [6.45, 7) is 5.63. The Morgan fingerprint density at radius 3 is 2.71 bits per heavy atom. The maximum Gasteiger partial charge on any atom is 0.272 e. The quantitative estimate of drug-likeness (QED) is 0.909. The third-order valence-corrected chi connectivity index (χ3v) is 4.02. The Kier molecular flexibility index (Phi) is 5.00. The molecule has 0 bridgehead atoms. The largest absolute Gasteiger partial charge is 0.349 e. The molecular weight excluding hydrogens is 304 g/mol. The molecule has 0 unspecified atom stereocenters. The van der Waals surface area contributed by atoms with Crippen LogP contribution in [0.1, 0.15) is 21.9 Å². The van der Waals surface area contributed by atoms with Crippen molar-refractivity contribution in [1.29, 1.82) is 0 Å². The van der Waals surface area contributed by atoms with E-state index < -0.39 is 0 Å². The number of hydrogen-bond acceptors (Lipinski definition) is 6. The zero-order chi connectivity index (χ0) is 16.9. The van der Waals surface area contributed by atoms with Crippen LogP contribution in [-0.2, 0) is 6.54 Å². The van der Waals surface area contributed by atoms with Crippen LogP contribution in [0, 0.1) is 6.92 Å². The molecule has 2 aromatic rings. The van der Waals surface area contributed by atoms with Gasteiger partial charge in [0, 0.05) is 38.1 Å². The molecule has 1 aliphatic rings. The topological polar surface area (TPSA) is 74.2 Å². The average Bonchev–Trinajstić information content (AvgIpc) is 2.60. The molecule has 7 nitrogen and oxygen atoms in total. The van der Waals surface area contributed by atoms with Gasteiger partial charge >= 0.3 is 0 Å². The normalized spacial score (nSPS) is 15.3. The predicted molar refractivity (Wildman–Crippen MR) is 91.7 cm³/mol. The minimum atomic E-state index is -0.0329. The summed E-state index contributed by atoms with van der Waals surface area (Å²) < 4.78 is 0. The number of nitrogens with one attached hydrogen (secondary N) is 1. The first-order valence-corrected chi connectivity index (χ1v) is 8.09. The molecule has 7 heteroatoms. The number of carbonyl (C=O) groups is 1. The van der Waals surface area contributed by atoms with Gasteiger partial charge < -0.3 is 15.1 Å². The molecule has 24 heavy (non-hydrogen) atoms. The smallest absolute Gasteiger partial charge is 0.272 e. The Morgan fingerprint density at radius 1 is 1.21 bits per heavy atom. The standard InChI is InChI=1S/C17H22N6O/c1-13-11-15(16(24)23-9-7-22(2)8-10-23)21-17(20-13)19-12-14-5-3-4-6-18-14/h3-6,11H,7-10,12H2,1-2H3,(H,19,20,21). The van der Waals surface area contributed by atoms with Gasteiger partial charge in [-0.05, 0) is 32.2 Å². The van der Waals surface area contributed by atoms with Gasteiger partial charge in [-0.2, -0.15) is 0 Å². The summed E-state index contributed by atoms with van der Waals surface area (Å²) >= 11 is 0. The first kappa shape index (κ1) is 16.3. The highest BCUT2D eigenvalue weighted by atomic mass is 16.2. The molecule has 0 atom stereocenters. The van der Waals surface area contributed by atoms with Gasteiger partial charge in [-0.25, -0.2) is 9.97 Å². The molecule has 1 fully saturated rings. The van der Waals surface area contributed by atoms with Crippen LogP contribution < -0.4 is 5.32 Å². The maximum atomic E-state index is 12.7. The number of pyridine rings is 1. The first-order chi connectivity index (χ1) is 11.6. The van der Waals surface area contributed by atoms with Crippen molar-refractivity contribution in [1.82, 2.24) is 24.8 Å². The summed E-state index contributed by atoms with van der Waals surface area (Å²) in [6, 6.07) is 7.48. The second kappa shape index (κ2) is 7.35. The molecule has 1 N–H and O–H groups in total. The van der Waals surface area contributed by atoms with Crippen LogP contribution in [0.4, 0.5) is 5.95 Å². The molecule has 1 aliphatic heterocycles. The van der Waals surface area contributed by atoms with Crippen LogP contribution in [0.2, 0.25) is 0 Å². The minimum Gasteiger partial charge on any atom is -0.349 e. The van der Waals surface area contributed by atoms with Gasteiger partial charge in [0.25, 0.3) is 5.91 Å². The number of likely N-dealkylation sites (N-methyl/N-ethyl adjacent to an activating group) is 1. The third kappa shape index (κ3) is 4.05. The molecule has 0 aromatic carbocycles. The van der Waals surface area contributed by atoms with Crippen LogP contribution in [0.5, 0.6) is 0 Å². The Morgan fingerprint density at radius 2 is 2.00 bits per heavy atom. The van der Waals surface area contributed by atoms with Crippen molar-refractivity contribution in [3.8, 4) is 0 Å². The fourth-order valence-electron chi connectivity index (χ4n) is 2.60. The molecule has 1 saturated heterocycles. The highest BCUT2D eigenvalue weighted by Crippen LogP contribution is 2.11. The van der Waals surface area contributed by atoms with E-state index in [2.05, 4.69) is 32.2 Å². The zero-order valence-corrected chi connectivity index (χ0v) is 14.1. The van der Waals surface area contributed by atoms with E-state index in [1.54, 1.807) is 12.3 Å². The Hall–Kier alpha value is -2.54. The summed E-state index contributed by atoms with van der Waals surface area (Å²) in [7, 11) is 2.07. The number of hydrogen-bond donors (Lipinski definition) is 1. The van der Waals surface area contributed by atoms with Gasteiger partial charge in [0.1, 0.15) is 5.69 Å². The number of carbonyl (C=O) groups excluding carboxylic acids is 1. The molecule has 0 radical (unpaired) electrons. The summed E-state index contributed by atoms with van der Waals surface area (Å²) in [6.07, 6.45) is 1.75. The number of aryl methyl sites for hydroxylation is 1. The van der Waals surface area contributed by atoms with Crippen molar-refractivity contribution in [2.24, 2.45) is 0 Å². The minimum absolute atomic E-state index is 0.0329. The fraction of sp³-hybridized carbons (Fsp3) is 0.412. The highest BCUT2D eigenvalue weighted by molar-refractivity contribution is 5.92. The van der Waals surface area contributed by atoms with E-state index in [0.29, 0.717) is 18.2 Å². The summed E-state index contributed by atoms with van der Waals surface area (Å²) in [5.41, 5.74) is 2.11. The number of rotatable bonds is 4. The van der Waals surface area contributed by atoms with Gasteiger partial charge in [-0.1, -0.05) is 6.07 Å². The van der Waals surface area contributed by atoms with Crippen molar-refractivity contribution in [2.75, 3.05) is 38.5 Å². The van der Waals surface area contributed by atoms with Crippen LogP contribution in [0.15, 0.2) is 30.5 Å². The monoisotopic (exact) mass is 326 g/mol. The van der Waals surface area contributed by atoms with E-state index in [1.807, 2.05) is 30.0 Å². The molecule has 126 valence electrons. The summed E-state index contributed by atoms with van der Waals surface area (Å²) in [5.74, 6) is 0.424. The van der Waals surface area contributed by atoms with Gasteiger partial charge in [0.15, 0.2) is 0 Å². The second-order valence-corrected chi connectivity index (χ2v) is 5.99. The predicted octanol–water partition coefficient (Wildman–Crippen LogP) is 1.18. The first-order valence-electron chi connectivity index (χ1n) is 8.09. The molecule has 1 amide bonds. The lowest BCUT2D eigenvalue weighted by Gasteiger charge is -2.32. The van der Waals surface area contributed by atoms with E-state index in [9.17, 15) is 4.79 Å². The van der Waals surface area contributed by atoms with Gasteiger partial charge in [-0.15, -0.1) is 0 Å². The number of amides is 1. The number of aromatic nitrogens is 3. The lowest BCUT2D eigenvalue weighted by atomic mass is 10.2. The molecule has 2 aromatic heterocycles. The van der Waals surface area contributed by atoms with Gasteiger partial charge in [-0.3, -0.25) is 9.78 Å². The van der Waals surface area contributed by atoms with Crippen LogP contribution in [-0.4, -0.2) is 63.9 Å².